The highest BCUT2D eigenvalue weighted by atomic mass is 32.2. The number of benzene rings is 2. The number of carbonyl (C=O) groups excluding carboxylic acids is 2. The fourth-order valence-corrected chi connectivity index (χ4v) is 2.76. The molecule has 0 aliphatic heterocycles. The van der Waals surface area contributed by atoms with Gasteiger partial charge in [0.25, 0.3) is 0 Å². The molecule has 132 valence electrons. The minimum atomic E-state index is -0.944. The minimum absolute atomic E-state index is 0.0531. The monoisotopic (exact) mass is 364 g/mol. The predicted octanol–water partition coefficient (Wildman–Crippen LogP) is 4.43. The quantitative estimate of drug-likeness (QED) is 0.715. The lowest BCUT2D eigenvalue weighted by atomic mass is 10.2. The highest BCUT2D eigenvalue weighted by Crippen LogP contribution is 2.21. The van der Waals surface area contributed by atoms with Crippen LogP contribution in [0.3, 0.4) is 0 Å². The zero-order valence-electron chi connectivity index (χ0n) is 13.6. The number of halogens is 2. The van der Waals surface area contributed by atoms with Crippen molar-refractivity contribution >= 4 is 35.0 Å². The Labute approximate surface area is 149 Å². The van der Waals surface area contributed by atoms with Crippen molar-refractivity contribution in [2.45, 2.75) is 24.7 Å². The van der Waals surface area contributed by atoms with Crippen LogP contribution in [-0.4, -0.2) is 17.6 Å². The Kier molecular flexibility index (Phi) is 6.94. The van der Waals surface area contributed by atoms with E-state index in [9.17, 15) is 18.4 Å². The summed E-state index contributed by atoms with van der Waals surface area (Å²) in [5.74, 6) is -2.18. The molecule has 2 aromatic rings. The first-order valence-corrected chi connectivity index (χ1v) is 8.74. The predicted molar refractivity (Wildman–Crippen MR) is 95.7 cm³/mol. The van der Waals surface area contributed by atoms with Crippen molar-refractivity contribution in [3.05, 3.63) is 54.1 Å². The van der Waals surface area contributed by atoms with E-state index in [1.54, 1.807) is 24.3 Å². The Bertz CT molecular complexity index is 768. The van der Waals surface area contributed by atoms with Gasteiger partial charge in [0, 0.05) is 22.7 Å². The SMILES string of the molecule is CCCC(=O)Nc1cccc(NC(=O)CSc2ccc(F)c(F)c2)c1. The van der Waals surface area contributed by atoms with Gasteiger partial charge in [-0.2, -0.15) is 0 Å². The molecule has 0 unspecified atom stereocenters. The van der Waals surface area contributed by atoms with Crippen molar-refractivity contribution in [1.82, 2.24) is 0 Å². The smallest absolute Gasteiger partial charge is 0.234 e. The Morgan fingerprint density at radius 1 is 0.960 bits per heavy atom. The Hall–Kier alpha value is -2.41. The number of hydrogen-bond donors (Lipinski definition) is 2. The molecule has 0 saturated carbocycles. The van der Waals surface area contributed by atoms with Crippen LogP contribution >= 0.6 is 11.8 Å². The number of amides is 2. The van der Waals surface area contributed by atoms with E-state index in [1.807, 2.05) is 6.92 Å². The van der Waals surface area contributed by atoms with Gasteiger partial charge < -0.3 is 10.6 Å². The van der Waals surface area contributed by atoms with E-state index < -0.39 is 11.6 Å². The highest BCUT2D eigenvalue weighted by Gasteiger charge is 2.08. The molecule has 0 spiro atoms. The van der Waals surface area contributed by atoms with E-state index in [4.69, 9.17) is 0 Å². The molecular weight excluding hydrogens is 346 g/mol. The summed E-state index contributed by atoms with van der Waals surface area (Å²) in [6.07, 6.45) is 1.19. The van der Waals surface area contributed by atoms with Crippen LogP contribution in [0.1, 0.15) is 19.8 Å². The van der Waals surface area contributed by atoms with E-state index in [1.165, 1.54) is 6.07 Å². The maximum absolute atomic E-state index is 13.1. The van der Waals surface area contributed by atoms with Gasteiger partial charge in [0.05, 0.1) is 5.75 Å². The van der Waals surface area contributed by atoms with E-state index in [2.05, 4.69) is 10.6 Å². The van der Waals surface area contributed by atoms with E-state index >= 15 is 0 Å². The summed E-state index contributed by atoms with van der Waals surface area (Å²) in [5.41, 5.74) is 1.15. The second kappa shape index (κ2) is 9.17. The van der Waals surface area contributed by atoms with Gasteiger partial charge in [-0.15, -0.1) is 11.8 Å². The Balaban J connectivity index is 1.89. The summed E-state index contributed by atoms with van der Waals surface area (Å²) < 4.78 is 26.0. The number of anilines is 2. The Morgan fingerprint density at radius 3 is 2.28 bits per heavy atom. The standard InChI is InChI=1S/C18H18F2N2O2S/c1-2-4-17(23)21-12-5-3-6-13(9-12)22-18(24)11-25-14-7-8-15(19)16(20)10-14/h3,5-10H,2,4,11H2,1H3,(H,21,23)(H,22,24). The van der Waals surface area contributed by atoms with E-state index in [0.717, 1.165) is 30.3 Å². The average Bonchev–Trinajstić information content (AvgIpc) is 2.56. The van der Waals surface area contributed by atoms with Gasteiger partial charge in [-0.1, -0.05) is 13.0 Å². The number of nitrogens with one attached hydrogen (secondary N) is 2. The number of rotatable bonds is 7. The minimum Gasteiger partial charge on any atom is -0.326 e. The first-order chi connectivity index (χ1) is 12.0. The first-order valence-electron chi connectivity index (χ1n) is 7.75. The molecular formula is C18H18F2N2O2S. The maximum Gasteiger partial charge on any atom is 0.234 e. The van der Waals surface area contributed by atoms with Gasteiger partial charge in [0.1, 0.15) is 0 Å². The number of thioether (sulfide) groups is 1. The topological polar surface area (TPSA) is 58.2 Å². The van der Waals surface area contributed by atoms with Crippen LogP contribution < -0.4 is 10.6 Å². The lowest BCUT2D eigenvalue weighted by molar-refractivity contribution is -0.116. The van der Waals surface area contributed by atoms with Crippen molar-refractivity contribution in [2.75, 3.05) is 16.4 Å². The summed E-state index contributed by atoms with van der Waals surface area (Å²) in [4.78, 5) is 24.1. The van der Waals surface area contributed by atoms with Gasteiger partial charge in [0.2, 0.25) is 11.8 Å². The van der Waals surface area contributed by atoms with Crippen molar-refractivity contribution in [2.24, 2.45) is 0 Å². The van der Waals surface area contributed by atoms with Crippen molar-refractivity contribution in [3.63, 3.8) is 0 Å². The third kappa shape index (κ3) is 6.19. The summed E-state index contributed by atoms with van der Waals surface area (Å²) >= 11 is 1.10. The molecule has 2 amide bonds. The van der Waals surface area contributed by atoms with Crippen LogP contribution in [0.25, 0.3) is 0 Å². The third-order valence-electron chi connectivity index (χ3n) is 3.17. The molecule has 0 aromatic heterocycles. The molecule has 2 aromatic carbocycles. The molecule has 0 bridgehead atoms. The zero-order valence-corrected chi connectivity index (χ0v) is 14.5. The molecule has 0 fully saturated rings. The Morgan fingerprint density at radius 2 is 1.64 bits per heavy atom. The van der Waals surface area contributed by atoms with Gasteiger partial charge in [0.15, 0.2) is 11.6 Å². The van der Waals surface area contributed by atoms with Crippen LogP contribution in [0.4, 0.5) is 20.2 Å². The lowest BCUT2D eigenvalue weighted by Gasteiger charge is -2.09. The highest BCUT2D eigenvalue weighted by molar-refractivity contribution is 8.00. The fraction of sp³-hybridized carbons (Fsp3) is 0.222. The molecule has 7 heteroatoms. The first kappa shape index (κ1) is 18.9. The van der Waals surface area contributed by atoms with Gasteiger partial charge >= 0.3 is 0 Å². The second-order valence-corrected chi connectivity index (χ2v) is 6.34. The van der Waals surface area contributed by atoms with Gasteiger partial charge in [-0.3, -0.25) is 9.59 Å². The molecule has 0 saturated heterocycles. The molecule has 0 atom stereocenters. The molecule has 2 rings (SSSR count). The summed E-state index contributed by atoms with van der Waals surface area (Å²) in [6.45, 7) is 1.92. The maximum atomic E-state index is 13.1. The molecule has 2 N–H and O–H groups in total. The average molecular weight is 364 g/mol. The largest absolute Gasteiger partial charge is 0.326 e. The van der Waals surface area contributed by atoms with Crippen molar-refractivity contribution in [1.29, 1.82) is 0 Å². The van der Waals surface area contributed by atoms with Crippen molar-refractivity contribution < 1.29 is 18.4 Å². The summed E-state index contributed by atoms with van der Waals surface area (Å²) in [7, 11) is 0. The molecule has 0 heterocycles. The number of hydrogen-bond acceptors (Lipinski definition) is 3. The van der Waals surface area contributed by atoms with Crippen LogP contribution in [0.15, 0.2) is 47.4 Å². The molecule has 4 nitrogen and oxygen atoms in total. The second-order valence-electron chi connectivity index (χ2n) is 5.29. The fourth-order valence-electron chi connectivity index (χ4n) is 2.04. The molecule has 0 aliphatic carbocycles. The van der Waals surface area contributed by atoms with E-state index in [0.29, 0.717) is 22.7 Å². The summed E-state index contributed by atoms with van der Waals surface area (Å²) in [5, 5.41) is 5.46. The molecule has 0 aliphatic rings. The molecule has 0 radical (unpaired) electrons. The third-order valence-corrected chi connectivity index (χ3v) is 4.16. The van der Waals surface area contributed by atoms with E-state index in [-0.39, 0.29) is 17.6 Å². The van der Waals surface area contributed by atoms with Crippen LogP contribution in [0.2, 0.25) is 0 Å². The summed E-state index contributed by atoms with van der Waals surface area (Å²) in [6, 6.07) is 10.3. The van der Waals surface area contributed by atoms with Crippen LogP contribution in [0, 0.1) is 11.6 Å². The lowest BCUT2D eigenvalue weighted by Crippen LogP contribution is -2.15. The number of carbonyl (C=O) groups is 2. The van der Waals surface area contributed by atoms with Gasteiger partial charge in [-0.25, -0.2) is 8.78 Å². The normalized spacial score (nSPS) is 10.4. The van der Waals surface area contributed by atoms with Crippen LogP contribution in [0.5, 0.6) is 0 Å². The molecule has 25 heavy (non-hydrogen) atoms. The van der Waals surface area contributed by atoms with Gasteiger partial charge in [-0.05, 0) is 42.8 Å². The zero-order chi connectivity index (χ0) is 18.2. The van der Waals surface area contributed by atoms with Crippen LogP contribution in [-0.2, 0) is 9.59 Å². The van der Waals surface area contributed by atoms with Crippen molar-refractivity contribution in [3.8, 4) is 0 Å².